The van der Waals surface area contributed by atoms with Crippen molar-refractivity contribution in [3.05, 3.63) is 115 Å². The monoisotopic (exact) mass is 535 g/mol. The van der Waals surface area contributed by atoms with Crippen LogP contribution in [0.15, 0.2) is 115 Å². The predicted octanol–water partition coefficient (Wildman–Crippen LogP) is 6.74. The van der Waals surface area contributed by atoms with Gasteiger partial charge < -0.3 is 29.2 Å². The number of ether oxygens (including phenoxy) is 4. The maximum Gasteiger partial charge on any atom is 0.222 e. The molecule has 1 aromatic heterocycles. The number of aromatic nitrogens is 1. The predicted molar refractivity (Wildman–Crippen MR) is 153 cm³/mol. The lowest BCUT2D eigenvalue weighted by atomic mass is 10.1. The Morgan fingerprint density at radius 3 is 1.07 bits per heavy atom. The SMILES string of the molecule is OCCOc1ccc(-c2ccc(Oc3cccc(Oc4ccc(-c5ccc(OCCO)cc5)cc4)n3)cc2)cc1. The van der Waals surface area contributed by atoms with Crippen LogP contribution >= 0.6 is 0 Å². The number of nitrogens with zero attached hydrogens (tertiary/aromatic N) is 1. The van der Waals surface area contributed by atoms with Gasteiger partial charge >= 0.3 is 0 Å². The fraction of sp³-hybridized carbons (Fsp3) is 0.121. The first kappa shape index (κ1) is 26.7. The molecule has 0 aliphatic carbocycles. The highest BCUT2D eigenvalue weighted by molar-refractivity contribution is 5.66. The number of aliphatic hydroxyl groups excluding tert-OH is 2. The molecule has 5 aromatic rings. The Morgan fingerprint density at radius 1 is 0.425 bits per heavy atom. The normalized spacial score (nSPS) is 10.7. The summed E-state index contributed by atoms with van der Waals surface area (Å²) in [5.74, 6) is 3.62. The Morgan fingerprint density at radius 2 is 0.750 bits per heavy atom. The maximum absolute atomic E-state index is 8.89. The molecule has 0 unspecified atom stereocenters. The van der Waals surface area contributed by atoms with E-state index in [4.69, 9.17) is 29.2 Å². The summed E-state index contributed by atoms with van der Waals surface area (Å²) >= 11 is 0. The van der Waals surface area contributed by atoms with Crippen molar-refractivity contribution < 1.29 is 29.2 Å². The molecular formula is C33H29NO6. The van der Waals surface area contributed by atoms with Gasteiger partial charge in [0.05, 0.1) is 13.2 Å². The molecule has 40 heavy (non-hydrogen) atoms. The smallest absolute Gasteiger partial charge is 0.222 e. The average Bonchev–Trinajstić information content (AvgIpc) is 3.00. The molecule has 7 heteroatoms. The van der Waals surface area contributed by atoms with Crippen LogP contribution in [0.4, 0.5) is 0 Å². The van der Waals surface area contributed by atoms with Gasteiger partial charge in [-0.3, -0.25) is 0 Å². The first-order valence-electron chi connectivity index (χ1n) is 12.9. The molecule has 202 valence electrons. The van der Waals surface area contributed by atoms with E-state index in [0.29, 0.717) is 23.3 Å². The van der Waals surface area contributed by atoms with Crippen LogP contribution in [0.25, 0.3) is 22.3 Å². The van der Waals surface area contributed by atoms with Gasteiger partial charge in [0, 0.05) is 12.1 Å². The Labute approximate surface area is 232 Å². The summed E-state index contributed by atoms with van der Waals surface area (Å²) < 4.78 is 22.8. The first-order chi connectivity index (χ1) is 19.7. The summed E-state index contributed by atoms with van der Waals surface area (Å²) in [4.78, 5) is 4.49. The molecule has 0 saturated heterocycles. The minimum Gasteiger partial charge on any atom is -0.491 e. The second kappa shape index (κ2) is 13.3. The van der Waals surface area contributed by atoms with Crippen LogP contribution in [-0.2, 0) is 0 Å². The van der Waals surface area contributed by atoms with Gasteiger partial charge in [-0.05, 0) is 70.8 Å². The van der Waals surface area contributed by atoms with Crippen molar-refractivity contribution in [3.63, 3.8) is 0 Å². The topological polar surface area (TPSA) is 90.3 Å². The molecule has 0 fully saturated rings. The van der Waals surface area contributed by atoms with Gasteiger partial charge in [-0.25, -0.2) is 0 Å². The van der Waals surface area contributed by atoms with Crippen molar-refractivity contribution in [2.45, 2.75) is 0 Å². The molecule has 0 aliphatic heterocycles. The summed E-state index contributed by atoms with van der Waals surface area (Å²) in [6.07, 6.45) is 0. The Balaban J connectivity index is 1.19. The van der Waals surface area contributed by atoms with Gasteiger partial charge in [0.15, 0.2) is 0 Å². The highest BCUT2D eigenvalue weighted by Crippen LogP contribution is 2.29. The van der Waals surface area contributed by atoms with E-state index >= 15 is 0 Å². The van der Waals surface area contributed by atoms with Gasteiger partial charge in [0.2, 0.25) is 11.8 Å². The van der Waals surface area contributed by atoms with Crippen LogP contribution in [0.1, 0.15) is 0 Å². The summed E-state index contributed by atoms with van der Waals surface area (Å²) in [5.41, 5.74) is 4.18. The summed E-state index contributed by atoms with van der Waals surface area (Å²) in [7, 11) is 0. The molecule has 4 aromatic carbocycles. The molecule has 0 radical (unpaired) electrons. The van der Waals surface area contributed by atoms with E-state index < -0.39 is 0 Å². The number of hydrogen-bond acceptors (Lipinski definition) is 7. The van der Waals surface area contributed by atoms with Crippen molar-refractivity contribution in [1.82, 2.24) is 4.98 Å². The zero-order valence-corrected chi connectivity index (χ0v) is 21.8. The van der Waals surface area contributed by atoms with E-state index in [1.165, 1.54) is 0 Å². The third kappa shape index (κ3) is 7.17. The average molecular weight is 536 g/mol. The van der Waals surface area contributed by atoms with Crippen molar-refractivity contribution >= 4 is 0 Å². The van der Waals surface area contributed by atoms with Gasteiger partial charge in [-0.1, -0.05) is 54.6 Å². The summed E-state index contributed by atoms with van der Waals surface area (Å²) in [5, 5.41) is 17.8. The van der Waals surface area contributed by atoms with E-state index in [9.17, 15) is 0 Å². The molecule has 0 bridgehead atoms. The van der Waals surface area contributed by atoms with E-state index in [1.54, 1.807) is 12.1 Å². The van der Waals surface area contributed by atoms with E-state index in [-0.39, 0.29) is 26.4 Å². The van der Waals surface area contributed by atoms with Gasteiger partial charge in [-0.2, -0.15) is 4.98 Å². The molecule has 7 nitrogen and oxygen atoms in total. The van der Waals surface area contributed by atoms with Crippen LogP contribution in [0.5, 0.6) is 34.8 Å². The van der Waals surface area contributed by atoms with E-state index in [1.807, 2.05) is 103 Å². The number of hydrogen-bond donors (Lipinski definition) is 2. The highest BCUT2D eigenvalue weighted by Gasteiger charge is 2.06. The maximum atomic E-state index is 8.89. The fourth-order valence-electron chi connectivity index (χ4n) is 4.00. The third-order valence-electron chi connectivity index (χ3n) is 5.95. The molecule has 1 heterocycles. The van der Waals surface area contributed by atoms with E-state index in [0.717, 1.165) is 33.8 Å². The quantitative estimate of drug-likeness (QED) is 0.183. The molecular weight excluding hydrogens is 506 g/mol. The van der Waals surface area contributed by atoms with Crippen LogP contribution in [-0.4, -0.2) is 41.6 Å². The van der Waals surface area contributed by atoms with Crippen LogP contribution in [0, 0.1) is 0 Å². The Hall–Kier alpha value is -4.85. The number of aliphatic hydroxyl groups is 2. The van der Waals surface area contributed by atoms with Gasteiger partial charge in [0.1, 0.15) is 36.2 Å². The van der Waals surface area contributed by atoms with Crippen molar-refractivity contribution in [1.29, 1.82) is 0 Å². The molecule has 0 saturated carbocycles. The Kier molecular flexibility index (Phi) is 8.88. The van der Waals surface area contributed by atoms with Crippen LogP contribution in [0.3, 0.4) is 0 Å². The van der Waals surface area contributed by atoms with Crippen molar-refractivity contribution in [3.8, 4) is 57.0 Å². The Bertz CT molecular complexity index is 1370. The summed E-state index contributed by atoms with van der Waals surface area (Å²) in [6, 6.07) is 36.3. The standard InChI is InChI=1S/C33H29NO6/c35-20-22-37-28-12-4-24(5-13-28)26-8-16-30(17-9-26)39-32-2-1-3-33(34-32)40-31-18-10-27(11-19-31)25-6-14-29(15-7-25)38-23-21-36/h1-19,35-36H,20-23H2. The second-order valence-corrected chi connectivity index (χ2v) is 8.76. The van der Waals surface area contributed by atoms with Gasteiger partial charge in [0.25, 0.3) is 0 Å². The lowest BCUT2D eigenvalue weighted by molar-refractivity contribution is 0.201. The van der Waals surface area contributed by atoms with Crippen molar-refractivity contribution in [2.24, 2.45) is 0 Å². The van der Waals surface area contributed by atoms with Crippen LogP contribution < -0.4 is 18.9 Å². The highest BCUT2D eigenvalue weighted by atomic mass is 16.5. The lowest BCUT2D eigenvalue weighted by Gasteiger charge is -2.10. The molecule has 2 N–H and O–H groups in total. The largest absolute Gasteiger partial charge is 0.491 e. The number of rotatable bonds is 12. The molecule has 0 spiro atoms. The minimum absolute atomic E-state index is 0.0134. The fourth-order valence-corrected chi connectivity index (χ4v) is 4.00. The van der Waals surface area contributed by atoms with Crippen molar-refractivity contribution in [2.75, 3.05) is 26.4 Å². The molecule has 0 amide bonds. The number of pyridine rings is 1. The first-order valence-corrected chi connectivity index (χ1v) is 12.9. The van der Waals surface area contributed by atoms with E-state index in [2.05, 4.69) is 4.98 Å². The van der Waals surface area contributed by atoms with Gasteiger partial charge in [-0.15, -0.1) is 0 Å². The minimum atomic E-state index is -0.0134. The summed E-state index contributed by atoms with van der Waals surface area (Å²) in [6.45, 7) is 0.523. The van der Waals surface area contributed by atoms with Crippen LogP contribution in [0.2, 0.25) is 0 Å². The molecule has 0 aliphatic rings. The second-order valence-electron chi connectivity index (χ2n) is 8.76. The lowest BCUT2D eigenvalue weighted by Crippen LogP contribution is -2.01. The third-order valence-corrected chi connectivity index (χ3v) is 5.95. The molecule has 0 atom stereocenters. The zero-order chi connectivity index (χ0) is 27.6. The molecule has 5 rings (SSSR count). The zero-order valence-electron chi connectivity index (χ0n) is 21.8. The number of benzene rings is 4.